The van der Waals surface area contributed by atoms with Crippen molar-refractivity contribution >= 4 is 12.1 Å². The van der Waals surface area contributed by atoms with Crippen LogP contribution < -0.4 is 5.32 Å². The van der Waals surface area contributed by atoms with Crippen LogP contribution in [0.5, 0.6) is 0 Å². The van der Waals surface area contributed by atoms with E-state index in [1.807, 2.05) is 81.4 Å². The van der Waals surface area contributed by atoms with Gasteiger partial charge in [0.2, 0.25) is 0 Å². The van der Waals surface area contributed by atoms with Gasteiger partial charge in [-0.3, -0.25) is 10.2 Å². The number of carboxylic acid groups (broad SMARTS) is 1. The van der Waals surface area contributed by atoms with Crippen LogP contribution in [0.25, 0.3) is 0 Å². The summed E-state index contributed by atoms with van der Waals surface area (Å²) >= 11 is 0. The molecule has 0 saturated heterocycles. The van der Waals surface area contributed by atoms with Crippen LogP contribution in [0.1, 0.15) is 63.7 Å². The molecule has 1 fully saturated rings. The van der Waals surface area contributed by atoms with Gasteiger partial charge in [-0.15, -0.1) is 12.3 Å². The molecule has 1 saturated carbocycles. The number of carboxylic acids is 1. The number of carbonyl (C=O) groups is 2. The van der Waals surface area contributed by atoms with Crippen molar-refractivity contribution in [2.75, 3.05) is 0 Å². The summed E-state index contributed by atoms with van der Waals surface area (Å²) in [6.45, 7) is 5.93. The largest absolute Gasteiger partial charge is 0.480 e. The minimum Gasteiger partial charge on any atom is -0.480 e. The molecule has 2 aromatic carbocycles. The van der Waals surface area contributed by atoms with Crippen molar-refractivity contribution in [3.05, 3.63) is 71.8 Å². The predicted octanol–water partition coefficient (Wildman–Crippen LogP) is 5.60. The van der Waals surface area contributed by atoms with Crippen LogP contribution in [0.3, 0.4) is 0 Å². The topological polar surface area (TPSA) is 78.9 Å². The van der Waals surface area contributed by atoms with Crippen LogP contribution in [-0.4, -0.2) is 34.2 Å². The first kappa shape index (κ1) is 26.3. The average Bonchev–Trinajstić information content (AvgIpc) is 3.56. The van der Waals surface area contributed by atoms with Gasteiger partial charge in [-0.25, -0.2) is 9.59 Å². The summed E-state index contributed by atoms with van der Waals surface area (Å²) in [5, 5.41) is 13.7. The van der Waals surface area contributed by atoms with E-state index in [0.717, 1.165) is 30.4 Å². The van der Waals surface area contributed by atoms with E-state index in [-0.39, 0.29) is 12.0 Å². The monoisotopic (exact) mass is 476 g/mol. The number of rotatable bonds is 11. The zero-order valence-electron chi connectivity index (χ0n) is 20.8. The van der Waals surface area contributed by atoms with Gasteiger partial charge < -0.3 is 9.84 Å². The first-order chi connectivity index (χ1) is 16.7. The number of benzene rings is 2. The fourth-order valence-corrected chi connectivity index (χ4v) is 4.41. The average molecular weight is 477 g/mol. The second kappa shape index (κ2) is 11.9. The second-order valence-corrected chi connectivity index (χ2v) is 10.2. The van der Waals surface area contributed by atoms with E-state index in [0.29, 0.717) is 13.0 Å². The van der Waals surface area contributed by atoms with E-state index in [1.165, 1.54) is 4.90 Å². The minimum absolute atomic E-state index is 0.206. The van der Waals surface area contributed by atoms with Crippen LogP contribution >= 0.6 is 0 Å². The van der Waals surface area contributed by atoms with Crippen LogP contribution in [0, 0.1) is 23.7 Å². The van der Waals surface area contributed by atoms with Crippen LogP contribution in [0.4, 0.5) is 4.79 Å². The maximum absolute atomic E-state index is 13.7. The minimum atomic E-state index is -1.11. The van der Waals surface area contributed by atoms with E-state index in [4.69, 9.17) is 11.2 Å². The Hall–Kier alpha value is -3.30. The van der Waals surface area contributed by atoms with Crippen molar-refractivity contribution in [3.63, 3.8) is 0 Å². The lowest BCUT2D eigenvalue weighted by Gasteiger charge is -2.41. The molecule has 0 aromatic heterocycles. The van der Waals surface area contributed by atoms with Crippen molar-refractivity contribution < 1.29 is 19.4 Å². The zero-order chi connectivity index (χ0) is 25.4. The summed E-state index contributed by atoms with van der Waals surface area (Å²) in [5.41, 5.74) is 1.08. The van der Waals surface area contributed by atoms with Crippen molar-refractivity contribution in [3.8, 4) is 12.3 Å². The highest BCUT2D eigenvalue weighted by Crippen LogP contribution is 2.40. The van der Waals surface area contributed by atoms with Gasteiger partial charge in [-0.1, -0.05) is 81.4 Å². The van der Waals surface area contributed by atoms with Crippen molar-refractivity contribution in [1.82, 2.24) is 10.2 Å². The maximum atomic E-state index is 13.7. The third-order valence-electron chi connectivity index (χ3n) is 6.28. The van der Waals surface area contributed by atoms with Crippen molar-refractivity contribution in [1.29, 1.82) is 0 Å². The van der Waals surface area contributed by atoms with E-state index in [9.17, 15) is 14.7 Å². The Bertz CT molecular complexity index is 1010. The molecule has 0 heterocycles. The van der Waals surface area contributed by atoms with E-state index in [1.54, 1.807) is 0 Å². The van der Waals surface area contributed by atoms with Gasteiger partial charge in [-0.05, 0) is 41.7 Å². The molecular weight excluding hydrogens is 440 g/mol. The SMILES string of the molecule is C#CCCC[C@@H]1C[C@H]1OC(=O)N(C(NCc1ccccc1)c1ccccc1)[C@H](C(=O)O)C(C)(C)C. The molecule has 3 rings (SSSR count). The number of nitrogens with zero attached hydrogens (tertiary/aromatic N) is 1. The summed E-state index contributed by atoms with van der Waals surface area (Å²) in [5.74, 6) is 1.85. The van der Waals surface area contributed by atoms with Gasteiger partial charge in [0.15, 0.2) is 0 Å². The first-order valence-corrected chi connectivity index (χ1v) is 12.2. The molecule has 0 bridgehead atoms. The molecule has 4 atom stereocenters. The third kappa shape index (κ3) is 7.34. The second-order valence-electron chi connectivity index (χ2n) is 10.2. The normalized spacial score (nSPS) is 18.7. The van der Waals surface area contributed by atoms with Crippen LogP contribution in [-0.2, 0) is 16.1 Å². The number of hydrogen-bond donors (Lipinski definition) is 2. The Labute approximate surface area is 208 Å². The predicted molar refractivity (Wildman–Crippen MR) is 136 cm³/mol. The summed E-state index contributed by atoms with van der Waals surface area (Å²) in [6, 6.07) is 18.1. The van der Waals surface area contributed by atoms with E-state index >= 15 is 0 Å². The zero-order valence-corrected chi connectivity index (χ0v) is 20.8. The van der Waals surface area contributed by atoms with Crippen molar-refractivity contribution in [2.45, 2.75) is 71.3 Å². The molecule has 0 radical (unpaired) electrons. The molecule has 2 aromatic rings. The quantitative estimate of drug-likeness (QED) is 0.251. The molecule has 1 aliphatic carbocycles. The van der Waals surface area contributed by atoms with Gasteiger partial charge in [0.05, 0.1) is 0 Å². The van der Waals surface area contributed by atoms with Gasteiger partial charge in [0.25, 0.3) is 0 Å². The standard InChI is InChI=1S/C29H36N2O4/c1-5-6-9-18-23-19-24(23)35-28(34)31(25(27(32)33)29(2,3)4)26(22-16-12-8-13-17-22)30-20-21-14-10-7-11-15-21/h1,7-8,10-17,23-26,30H,6,9,18-20H2,2-4H3,(H,32,33)/t23-,24-,25-,26?/m1/s1. The maximum Gasteiger partial charge on any atom is 0.412 e. The number of aliphatic carboxylic acids is 1. The first-order valence-electron chi connectivity index (χ1n) is 12.2. The number of terminal acetylenes is 1. The third-order valence-corrected chi connectivity index (χ3v) is 6.28. The molecule has 0 aliphatic heterocycles. The van der Waals surface area contributed by atoms with Crippen LogP contribution in [0.15, 0.2) is 60.7 Å². The molecule has 6 nitrogen and oxygen atoms in total. The Balaban J connectivity index is 1.91. The Kier molecular flexibility index (Phi) is 8.95. The van der Waals surface area contributed by atoms with Crippen molar-refractivity contribution in [2.24, 2.45) is 11.3 Å². The summed E-state index contributed by atoms with van der Waals surface area (Å²) in [6.07, 6.45) is 7.11. The molecular formula is C29H36N2O4. The highest BCUT2D eigenvalue weighted by molar-refractivity contribution is 5.81. The fraction of sp³-hybridized carbons (Fsp3) is 0.448. The molecule has 0 spiro atoms. The van der Waals surface area contributed by atoms with Crippen LogP contribution in [0.2, 0.25) is 0 Å². The lowest BCUT2D eigenvalue weighted by Crippen LogP contribution is -2.56. The number of carbonyl (C=O) groups excluding carboxylic acids is 1. The molecule has 35 heavy (non-hydrogen) atoms. The highest BCUT2D eigenvalue weighted by atomic mass is 16.6. The van der Waals surface area contributed by atoms with Gasteiger partial charge >= 0.3 is 12.1 Å². The number of unbranched alkanes of at least 4 members (excludes halogenated alkanes) is 1. The van der Waals surface area contributed by atoms with Gasteiger partial charge in [0, 0.05) is 13.0 Å². The summed E-state index contributed by atoms with van der Waals surface area (Å²) in [7, 11) is 0. The van der Waals surface area contributed by atoms with Gasteiger partial charge in [0.1, 0.15) is 18.3 Å². The Morgan fingerprint density at radius 2 is 1.77 bits per heavy atom. The van der Waals surface area contributed by atoms with Gasteiger partial charge in [-0.2, -0.15) is 0 Å². The van der Waals surface area contributed by atoms with E-state index in [2.05, 4.69) is 11.2 Å². The number of ether oxygens (including phenoxy) is 1. The molecule has 1 unspecified atom stereocenters. The molecule has 2 N–H and O–H groups in total. The number of nitrogens with one attached hydrogen (secondary N) is 1. The number of amides is 1. The van der Waals surface area contributed by atoms with E-state index < -0.39 is 29.7 Å². The summed E-state index contributed by atoms with van der Waals surface area (Å²) < 4.78 is 5.88. The lowest BCUT2D eigenvalue weighted by atomic mass is 9.85. The fourth-order valence-electron chi connectivity index (χ4n) is 4.41. The number of hydrogen-bond acceptors (Lipinski definition) is 4. The molecule has 1 amide bonds. The Morgan fingerprint density at radius 3 is 2.34 bits per heavy atom. The molecule has 186 valence electrons. The smallest absolute Gasteiger partial charge is 0.412 e. The highest BCUT2D eigenvalue weighted by Gasteiger charge is 2.47. The Morgan fingerprint density at radius 1 is 1.14 bits per heavy atom. The lowest BCUT2D eigenvalue weighted by molar-refractivity contribution is -0.148. The molecule has 6 heteroatoms. The molecule has 1 aliphatic rings. The summed E-state index contributed by atoms with van der Waals surface area (Å²) in [4.78, 5) is 27.6.